The Kier molecular flexibility index (Phi) is 4.37. The zero-order valence-corrected chi connectivity index (χ0v) is 12.0. The highest BCUT2D eigenvalue weighted by Gasteiger charge is 2.23. The van der Waals surface area contributed by atoms with Gasteiger partial charge in [0.05, 0.1) is 6.61 Å². The van der Waals surface area contributed by atoms with Gasteiger partial charge in [-0.15, -0.1) is 0 Å². The van der Waals surface area contributed by atoms with E-state index >= 15 is 0 Å². The maximum atomic E-state index is 12.0. The maximum Gasteiger partial charge on any atom is 0.217 e. The van der Waals surface area contributed by atoms with E-state index in [0.29, 0.717) is 6.61 Å². The molecular weight excluding hydrogens is 300 g/mol. The first-order chi connectivity index (χ1) is 8.65. The lowest BCUT2D eigenvalue weighted by Gasteiger charge is -2.13. The molecule has 0 saturated heterocycles. The number of Topliss-reactive ketones (excluding diaryl/α,β-unsaturated/α-hetero) is 1. The number of ether oxygens (including phenoxy) is 3. The molecule has 0 spiro atoms. The Labute approximate surface area is 114 Å². The predicted octanol–water partition coefficient (Wildman–Crippen LogP) is 2.11. The van der Waals surface area contributed by atoms with Gasteiger partial charge in [0.25, 0.3) is 0 Å². The van der Waals surface area contributed by atoms with Crippen molar-refractivity contribution in [1.82, 2.24) is 0 Å². The van der Waals surface area contributed by atoms with Crippen LogP contribution in [0.5, 0.6) is 5.75 Å². The van der Waals surface area contributed by atoms with E-state index in [1.807, 2.05) is 12.1 Å². The van der Waals surface area contributed by atoms with Crippen molar-refractivity contribution in [3.63, 3.8) is 0 Å². The minimum absolute atomic E-state index is 0.115. The number of hydrogen-bond donors (Lipinski definition) is 0. The molecule has 0 amide bonds. The highest BCUT2D eigenvalue weighted by atomic mass is 79.9. The molecular formula is C13H15BrO4. The summed E-state index contributed by atoms with van der Waals surface area (Å²) in [5.41, 5.74) is 2.01. The van der Waals surface area contributed by atoms with Gasteiger partial charge in [-0.1, -0.05) is 15.9 Å². The number of methoxy groups -OCH3 is 2. The van der Waals surface area contributed by atoms with E-state index in [4.69, 9.17) is 14.2 Å². The average molecular weight is 315 g/mol. The van der Waals surface area contributed by atoms with Crippen molar-refractivity contribution in [3.05, 3.63) is 27.7 Å². The number of hydrogen-bond acceptors (Lipinski definition) is 4. The van der Waals surface area contributed by atoms with Gasteiger partial charge < -0.3 is 14.2 Å². The molecule has 1 heterocycles. The lowest BCUT2D eigenvalue weighted by Crippen LogP contribution is -2.26. The summed E-state index contributed by atoms with van der Waals surface area (Å²) >= 11 is 3.45. The largest absolute Gasteiger partial charge is 0.493 e. The van der Waals surface area contributed by atoms with Crippen LogP contribution in [0.25, 0.3) is 0 Å². The fourth-order valence-electron chi connectivity index (χ4n) is 2.11. The average Bonchev–Trinajstić information content (AvgIpc) is 2.78. The molecule has 0 saturated carbocycles. The summed E-state index contributed by atoms with van der Waals surface area (Å²) in [6.07, 6.45) is 0.309. The third-order valence-electron chi connectivity index (χ3n) is 2.88. The van der Waals surface area contributed by atoms with Crippen molar-refractivity contribution in [2.24, 2.45) is 0 Å². The van der Waals surface area contributed by atoms with Gasteiger partial charge in [-0.3, -0.25) is 4.79 Å². The number of carbonyl (C=O) groups excluding carboxylic acids is 1. The van der Waals surface area contributed by atoms with E-state index in [0.717, 1.165) is 27.8 Å². The van der Waals surface area contributed by atoms with E-state index in [-0.39, 0.29) is 12.2 Å². The third kappa shape index (κ3) is 2.74. The first kappa shape index (κ1) is 13.5. The zero-order chi connectivity index (χ0) is 13.1. The number of carbonyl (C=O) groups is 1. The molecule has 0 unspecified atom stereocenters. The quantitative estimate of drug-likeness (QED) is 0.781. The second-order valence-corrected chi connectivity index (χ2v) is 5.01. The standard InChI is InChI=1S/C13H15BrO4/c1-16-13(17-2)11(15)7-9-6-10(14)5-8-3-4-18-12(8)9/h5-6,13H,3-4,7H2,1-2H3. The van der Waals surface area contributed by atoms with E-state index in [2.05, 4.69) is 15.9 Å². The van der Waals surface area contributed by atoms with Gasteiger partial charge >= 0.3 is 0 Å². The molecule has 98 valence electrons. The van der Waals surface area contributed by atoms with Crippen LogP contribution in [-0.4, -0.2) is 32.9 Å². The predicted molar refractivity (Wildman–Crippen MR) is 69.9 cm³/mol. The maximum absolute atomic E-state index is 12.0. The Morgan fingerprint density at radius 3 is 2.83 bits per heavy atom. The SMILES string of the molecule is COC(OC)C(=O)Cc1cc(Br)cc2c1OCC2. The van der Waals surface area contributed by atoms with Gasteiger partial charge in [-0.05, 0) is 17.7 Å². The first-order valence-electron chi connectivity index (χ1n) is 5.68. The van der Waals surface area contributed by atoms with Crippen LogP contribution >= 0.6 is 15.9 Å². The molecule has 0 aliphatic carbocycles. The van der Waals surface area contributed by atoms with Crippen molar-refractivity contribution in [3.8, 4) is 5.75 Å². The van der Waals surface area contributed by atoms with Crippen LogP contribution in [0.2, 0.25) is 0 Å². The molecule has 1 aliphatic rings. The van der Waals surface area contributed by atoms with Crippen LogP contribution in [-0.2, 0) is 27.1 Å². The molecule has 1 aliphatic heterocycles. The number of benzene rings is 1. The molecule has 0 bridgehead atoms. The zero-order valence-electron chi connectivity index (χ0n) is 10.4. The van der Waals surface area contributed by atoms with Crippen molar-refractivity contribution < 1.29 is 19.0 Å². The molecule has 1 aromatic rings. The smallest absolute Gasteiger partial charge is 0.217 e. The van der Waals surface area contributed by atoms with Crippen LogP contribution < -0.4 is 4.74 Å². The minimum atomic E-state index is -0.818. The summed E-state index contributed by atoms with van der Waals surface area (Å²) < 4.78 is 16.5. The number of fused-ring (bicyclic) bond motifs is 1. The van der Waals surface area contributed by atoms with Gasteiger partial charge in [0, 0.05) is 37.1 Å². The summed E-state index contributed by atoms with van der Waals surface area (Å²) in [5, 5.41) is 0. The van der Waals surface area contributed by atoms with Crippen LogP contribution in [0.3, 0.4) is 0 Å². The van der Waals surface area contributed by atoms with Gasteiger partial charge in [-0.2, -0.15) is 0 Å². The summed E-state index contributed by atoms with van der Waals surface area (Å²) in [6, 6.07) is 3.94. The highest BCUT2D eigenvalue weighted by molar-refractivity contribution is 9.10. The number of rotatable bonds is 5. The van der Waals surface area contributed by atoms with E-state index < -0.39 is 6.29 Å². The van der Waals surface area contributed by atoms with Crippen LogP contribution in [0, 0.1) is 0 Å². The van der Waals surface area contributed by atoms with Gasteiger partial charge in [0.15, 0.2) is 5.78 Å². The topological polar surface area (TPSA) is 44.8 Å². The summed E-state index contributed by atoms with van der Waals surface area (Å²) in [4.78, 5) is 12.0. The lowest BCUT2D eigenvalue weighted by atomic mass is 10.0. The summed E-state index contributed by atoms with van der Waals surface area (Å²) in [5.74, 6) is 0.716. The third-order valence-corrected chi connectivity index (χ3v) is 3.34. The van der Waals surface area contributed by atoms with Crippen molar-refractivity contribution >= 4 is 21.7 Å². The normalized spacial score (nSPS) is 13.6. The first-order valence-corrected chi connectivity index (χ1v) is 6.47. The summed E-state index contributed by atoms with van der Waals surface area (Å²) in [6.45, 7) is 0.672. The fourth-order valence-corrected chi connectivity index (χ4v) is 2.66. The van der Waals surface area contributed by atoms with E-state index in [9.17, 15) is 4.79 Å². The lowest BCUT2D eigenvalue weighted by molar-refractivity contribution is -0.155. The van der Waals surface area contributed by atoms with Crippen molar-refractivity contribution in [2.45, 2.75) is 19.1 Å². The Hall–Kier alpha value is -0.910. The molecule has 0 radical (unpaired) electrons. The number of halogens is 1. The minimum Gasteiger partial charge on any atom is -0.493 e. The van der Waals surface area contributed by atoms with Gasteiger partial charge in [0.2, 0.25) is 6.29 Å². The van der Waals surface area contributed by atoms with Crippen LogP contribution in [0.15, 0.2) is 16.6 Å². The van der Waals surface area contributed by atoms with Crippen LogP contribution in [0.1, 0.15) is 11.1 Å². The van der Waals surface area contributed by atoms with Crippen LogP contribution in [0.4, 0.5) is 0 Å². The fraction of sp³-hybridized carbons (Fsp3) is 0.462. The molecule has 0 atom stereocenters. The molecule has 18 heavy (non-hydrogen) atoms. The van der Waals surface area contributed by atoms with E-state index in [1.165, 1.54) is 14.2 Å². The second-order valence-electron chi connectivity index (χ2n) is 4.10. The highest BCUT2D eigenvalue weighted by Crippen LogP contribution is 2.33. The van der Waals surface area contributed by atoms with Crippen molar-refractivity contribution in [1.29, 1.82) is 0 Å². The van der Waals surface area contributed by atoms with Gasteiger partial charge in [-0.25, -0.2) is 0 Å². The molecule has 0 N–H and O–H groups in total. The second kappa shape index (κ2) is 5.82. The molecule has 1 aromatic carbocycles. The Balaban J connectivity index is 2.22. The molecule has 4 nitrogen and oxygen atoms in total. The molecule has 2 rings (SSSR count). The van der Waals surface area contributed by atoms with E-state index in [1.54, 1.807) is 0 Å². The number of ketones is 1. The Bertz CT molecular complexity index is 455. The Morgan fingerprint density at radius 1 is 1.44 bits per heavy atom. The van der Waals surface area contributed by atoms with Gasteiger partial charge in [0.1, 0.15) is 5.75 Å². The monoisotopic (exact) mass is 314 g/mol. The Morgan fingerprint density at radius 2 is 2.17 bits per heavy atom. The molecule has 0 aromatic heterocycles. The van der Waals surface area contributed by atoms with Crippen molar-refractivity contribution in [2.75, 3.05) is 20.8 Å². The molecule has 0 fully saturated rings. The summed E-state index contributed by atoms with van der Waals surface area (Å²) in [7, 11) is 2.90. The molecule has 5 heteroatoms.